The molecular formula is C17H26N4O2. The third-order valence-electron chi connectivity index (χ3n) is 3.98. The maximum absolute atomic E-state index is 11.9. The Morgan fingerprint density at radius 2 is 2.35 bits per heavy atom. The number of nitrogens with one attached hydrogen (secondary N) is 1. The fraction of sp³-hybridized carbons (Fsp3) is 0.529. The zero-order valence-electron chi connectivity index (χ0n) is 13.7. The van der Waals surface area contributed by atoms with Gasteiger partial charge in [-0.05, 0) is 43.4 Å². The predicted molar refractivity (Wildman–Crippen MR) is 91.5 cm³/mol. The van der Waals surface area contributed by atoms with Crippen molar-refractivity contribution in [3.63, 3.8) is 0 Å². The number of phenols is 1. The lowest BCUT2D eigenvalue weighted by Gasteiger charge is -2.31. The molecule has 6 nitrogen and oxygen atoms in total. The van der Waals surface area contributed by atoms with Gasteiger partial charge in [-0.15, -0.1) is 0 Å². The lowest BCUT2D eigenvalue weighted by molar-refractivity contribution is 0.0953. The average molecular weight is 318 g/mol. The molecule has 1 aliphatic rings. The van der Waals surface area contributed by atoms with Gasteiger partial charge in [0.1, 0.15) is 5.75 Å². The van der Waals surface area contributed by atoms with Crippen molar-refractivity contribution in [2.45, 2.75) is 26.2 Å². The normalized spacial score (nSPS) is 18.7. The zero-order chi connectivity index (χ0) is 16.7. The van der Waals surface area contributed by atoms with Crippen LogP contribution in [0.5, 0.6) is 5.75 Å². The van der Waals surface area contributed by atoms with Crippen molar-refractivity contribution in [1.29, 1.82) is 0 Å². The van der Waals surface area contributed by atoms with Crippen molar-refractivity contribution in [2.75, 3.05) is 26.2 Å². The Labute approximate surface area is 137 Å². The fourth-order valence-electron chi connectivity index (χ4n) is 2.72. The highest BCUT2D eigenvalue weighted by Crippen LogP contribution is 2.14. The first kappa shape index (κ1) is 17.1. The average Bonchev–Trinajstić information content (AvgIpc) is 2.54. The molecule has 1 atom stereocenters. The first-order chi connectivity index (χ1) is 11.1. The highest BCUT2D eigenvalue weighted by Gasteiger charge is 2.17. The lowest BCUT2D eigenvalue weighted by atomic mass is 10.0. The Balaban J connectivity index is 1.68. The Kier molecular flexibility index (Phi) is 6.26. The number of nitrogens with zero attached hydrogens (tertiary/aromatic N) is 2. The smallest absolute Gasteiger partial charge is 0.251 e. The highest BCUT2D eigenvalue weighted by atomic mass is 16.3. The van der Waals surface area contributed by atoms with Crippen LogP contribution in [0, 0.1) is 5.92 Å². The molecule has 0 bridgehead atoms. The quantitative estimate of drug-likeness (QED) is 0.436. The summed E-state index contributed by atoms with van der Waals surface area (Å²) in [5.74, 6) is 1.17. The largest absolute Gasteiger partial charge is 0.508 e. The standard InChI is InChI=1S/C17H26N4O2/c1-13-5-3-10-21(12-13)17(18)20-9-4-8-19-16(23)14-6-2-7-15(22)11-14/h2,6-7,11,13,22H,3-5,8-10,12H2,1H3,(H2,18,20)(H,19,23)/t13-/m0/s1. The van der Waals surface area contributed by atoms with Gasteiger partial charge in [0.2, 0.25) is 0 Å². The topological polar surface area (TPSA) is 91.0 Å². The number of amides is 1. The highest BCUT2D eigenvalue weighted by molar-refractivity contribution is 5.94. The number of benzene rings is 1. The van der Waals surface area contributed by atoms with Gasteiger partial charge in [-0.2, -0.15) is 0 Å². The molecule has 1 aromatic rings. The van der Waals surface area contributed by atoms with Gasteiger partial charge in [0.05, 0.1) is 0 Å². The molecular weight excluding hydrogens is 292 g/mol. The maximum atomic E-state index is 11.9. The molecule has 23 heavy (non-hydrogen) atoms. The molecule has 126 valence electrons. The van der Waals surface area contributed by atoms with Crippen molar-refractivity contribution in [2.24, 2.45) is 16.6 Å². The van der Waals surface area contributed by atoms with Crippen LogP contribution in [-0.4, -0.2) is 48.1 Å². The van der Waals surface area contributed by atoms with Crippen LogP contribution in [0.1, 0.15) is 36.5 Å². The van der Waals surface area contributed by atoms with Gasteiger partial charge in [0.15, 0.2) is 5.96 Å². The number of likely N-dealkylation sites (tertiary alicyclic amines) is 1. The fourth-order valence-corrected chi connectivity index (χ4v) is 2.72. The number of guanidine groups is 1. The van der Waals surface area contributed by atoms with E-state index in [0.29, 0.717) is 30.5 Å². The van der Waals surface area contributed by atoms with Gasteiger partial charge in [0.25, 0.3) is 5.91 Å². The summed E-state index contributed by atoms with van der Waals surface area (Å²) in [7, 11) is 0. The van der Waals surface area contributed by atoms with E-state index in [1.165, 1.54) is 18.6 Å². The molecule has 2 rings (SSSR count). The summed E-state index contributed by atoms with van der Waals surface area (Å²) in [6.45, 7) is 5.31. The van der Waals surface area contributed by atoms with E-state index in [1.54, 1.807) is 12.1 Å². The molecule has 0 saturated carbocycles. The van der Waals surface area contributed by atoms with Crippen LogP contribution < -0.4 is 11.1 Å². The monoisotopic (exact) mass is 318 g/mol. The number of nitrogens with two attached hydrogens (primary N) is 1. The number of carbonyl (C=O) groups excluding carboxylic acids is 1. The molecule has 0 unspecified atom stereocenters. The Hall–Kier alpha value is -2.24. The van der Waals surface area contributed by atoms with Gasteiger partial charge in [-0.3, -0.25) is 9.79 Å². The number of piperidine rings is 1. The van der Waals surface area contributed by atoms with Crippen molar-refractivity contribution < 1.29 is 9.90 Å². The van der Waals surface area contributed by atoms with Gasteiger partial charge in [-0.1, -0.05) is 13.0 Å². The maximum Gasteiger partial charge on any atom is 0.251 e. The van der Waals surface area contributed by atoms with Crippen molar-refractivity contribution >= 4 is 11.9 Å². The van der Waals surface area contributed by atoms with Gasteiger partial charge >= 0.3 is 0 Å². The predicted octanol–water partition coefficient (Wildman–Crippen LogP) is 1.56. The van der Waals surface area contributed by atoms with E-state index < -0.39 is 0 Å². The summed E-state index contributed by atoms with van der Waals surface area (Å²) < 4.78 is 0. The van der Waals surface area contributed by atoms with Gasteiger partial charge < -0.3 is 21.1 Å². The number of rotatable bonds is 5. The first-order valence-corrected chi connectivity index (χ1v) is 8.18. The van der Waals surface area contributed by atoms with Crippen LogP contribution >= 0.6 is 0 Å². The van der Waals surface area contributed by atoms with Gasteiger partial charge in [-0.25, -0.2) is 0 Å². The second kappa shape index (κ2) is 8.41. The first-order valence-electron chi connectivity index (χ1n) is 8.18. The molecule has 1 aromatic carbocycles. The second-order valence-electron chi connectivity index (χ2n) is 6.09. The van der Waals surface area contributed by atoms with Crippen molar-refractivity contribution in [1.82, 2.24) is 10.2 Å². The van der Waals surface area contributed by atoms with Crippen LogP contribution in [0.25, 0.3) is 0 Å². The number of hydrogen-bond acceptors (Lipinski definition) is 3. The van der Waals surface area contributed by atoms with Crippen LogP contribution in [0.15, 0.2) is 29.3 Å². The molecule has 1 fully saturated rings. The number of phenolic OH excluding ortho intramolecular Hbond substituents is 1. The minimum absolute atomic E-state index is 0.0887. The summed E-state index contributed by atoms with van der Waals surface area (Å²) in [5, 5.41) is 12.2. The number of carbonyl (C=O) groups is 1. The molecule has 4 N–H and O–H groups in total. The van der Waals surface area contributed by atoms with E-state index in [0.717, 1.165) is 25.9 Å². The molecule has 1 amide bonds. The number of aromatic hydroxyl groups is 1. The van der Waals surface area contributed by atoms with Gasteiger partial charge in [0, 0.05) is 31.7 Å². The molecule has 6 heteroatoms. The van der Waals surface area contributed by atoms with E-state index in [9.17, 15) is 9.90 Å². The SMILES string of the molecule is C[C@H]1CCCN(C(N)=NCCCNC(=O)c2cccc(O)c2)C1. The second-order valence-corrected chi connectivity index (χ2v) is 6.09. The zero-order valence-corrected chi connectivity index (χ0v) is 13.7. The summed E-state index contributed by atoms with van der Waals surface area (Å²) in [4.78, 5) is 18.4. The van der Waals surface area contributed by atoms with Crippen LogP contribution in [0.4, 0.5) is 0 Å². The summed E-state index contributed by atoms with van der Waals surface area (Å²) in [5.41, 5.74) is 6.48. The third-order valence-corrected chi connectivity index (χ3v) is 3.98. The summed E-state index contributed by atoms with van der Waals surface area (Å²) in [6, 6.07) is 6.30. The number of hydrogen-bond donors (Lipinski definition) is 3. The molecule has 1 saturated heterocycles. The Morgan fingerprint density at radius 3 is 3.09 bits per heavy atom. The van der Waals surface area contributed by atoms with Crippen LogP contribution in [-0.2, 0) is 0 Å². The van der Waals surface area contributed by atoms with E-state index in [1.807, 2.05) is 0 Å². The Morgan fingerprint density at radius 1 is 1.52 bits per heavy atom. The minimum atomic E-state index is -0.192. The lowest BCUT2D eigenvalue weighted by Crippen LogP contribution is -2.43. The summed E-state index contributed by atoms with van der Waals surface area (Å²) >= 11 is 0. The Bertz CT molecular complexity index is 559. The van der Waals surface area contributed by atoms with Crippen LogP contribution in [0.3, 0.4) is 0 Å². The molecule has 0 radical (unpaired) electrons. The molecule has 1 aliphatic heterocycles. The van der Waals surface area contributed by atoms with E-state index >= 15 is 0 Å². The number of aliphatic imine (C=N–C) groups is 1. The van der Waals surface area contributed by atoms with Crippen molar-refractivity contribution in [3.8, 4) is 5.75 Å². The van der Waals surface area contributed by atoms with Crippen molar-refractivity contribution in [3.05, 3.63) is 29.8 Å². The molecule has 0 aromatic heterocycles. The molecule has 0 spiro atoms. The molecule has 0 aliphatic carbocycles. The van der Waals surface area contributed by atoms with E-state index in [-0.39, 0.29) is 11.7 Å². The van der Waals surface area contributed by atoms with E-state index in [2.05, 4.69) is 22.1 Å². The molecule has 1 heterocycles. The minimum Gasteiger partial charge on any atom is -0.508 e. The van der Waals surface area contributed by atoms with E-state index in [4.69, 9.17) is 5.73 Å². The summed E-state index contributed by atoms with van der Waals surface area (Å²) in [6.07, 6.45) is 3.15. The third kappa shape index (κ3) is 5.47. The van der Waals surface area contributed by atoms with Crippen LogP contribution in [0.2, 0.25) is 0 Å².